The minimum Gasteiger partial charge on any atom is -0.336 e. The number of nitrogens with zero attached hydrogens (tertiary/aromatic N) is 3. The minimum absolute atomic E-state index is 0.0699. The Hall–Kier alpha value is -3.11. The van der Waals surface area contributed by atoms with Crippen LogP contribution in [0, 0.1) is 0 Å². The van der Waals surface area contributed by atoms with Gasteiger partial charge < -0.3 is 9.80 Å². The van der Waals surface area contributed by atoms with Gasteiger partial charge in [0.25, 0.3) is 17.1 Å². The third-order valence-electron chi connectivity index (χ3n) is 5.47. The number of likely N-dealkylation sites (N-methyl/N-ethyl adjacent to an activating group) is 1. The second kappa shape index (κ2) is 9.03. The van der Waals surface area contributed by atoms with E-state index in [2.05, 4.69) is 4.90 Å². The van der Waals surface area contributed by atoms with Gasteiger partial charge in [-0.15, -0.1) is 0 Å². The van der Waals surface area contributed by atoms with Gasteiger partial charge >= 0.3 is 6.18 Å². The van der Waals surface area contributed by atoms with Crippen LogP contribution in [0.25, 0.3) is 6.08 Å². The van der Waals surface area contributed by atoms with Crippen molar-refractivity contribution >= 4 is 40.6 Å². The first-order chi connectivity index (χ1) is 15.6. The van der Waals surface area contributed by atoms with E-state index in [1.54, 1.807) is 29.2 Å². The van der Waals surface area contributed by atoms with Gasteiger partial charge in [-0.2, -0.15) is 13.2 Å². The van der Waals surface area contributed by atoms with E-state index in [0.717, 1.165) is 36.2 Å². The van der Waals surface area contributed by atoms with Crippen molar-refractivity contribution in [2.24, 2.45) is 0 Å². The Balaban J connectivity index is 1.50. The summed E-state index contributed by atoms with van der Waals surface area (Å²) in [5.41, 5.74) is 0.0423. The summed E-state index contributed by atoms with van der Waals surface area (Å²) in [4.78, 5) is 42.6. The van der Waals surface area contributed by atoms with Gasteiger partial charge in [-0.25, -0.2) is 4.90 Å². The molecular formula is C23H20F3N3O3S. The highest BCUT2D eigenvalue weighted by Gasteiger charge is 2.38. The van der Waals surface area contributed by atoms with Crippen molar-refractivity contribution in [2.45, 2.75) is 6.18 Å². The van der Waals surface area contributed by atoms with E-state index in [-0.39, 0.29) is 16.5 Å². The highest BCUT2D eigenvalue weighted by atomic mass is 32.2. The molecule has 33 heavy (non-hydrogen) atoms. The van der Waals surface area contributed by atoms with Crippen LogP contribution in [0.3, 0.4) is 0 Å². The number of alkyl halides is 3. The molecule has 0 N–H and O–H groups in total. The van der Waals surface area contributed by atoms with E-state index in [4.69, 9.17) is 0 Å². The average molecular weight is 475 g/mol. The van der Waals surface area contributed by atoms with Crippen LogP contribution in [0.2, 0.25) is 0 Å². The Kier molecular flexibility index (Phi) is 6.31. The fraction of sp³-hybridized carbons (Fsp3) is 0.261. The summed E-state index contributed by atoms with van der Waals surface area (Å²) >= 11 is 0.656. The molecule has 0 spiro atoms. The number of thioether (sulfide) groups is 1. The van der Waals surface area contributed by atoms with Crippen LogP contribution in [0.5, 0.6) is 0 Å². The number of amides is 3. The first kappa shape index (κ1) is 23.1. The molecule has 3 amide bonds. The van der Waals surface area contributed by atoms with Crippen molar-refractivity contribution in [1.82, 2.24) is 9.80 Å². The molecule has 2 aliphatic rings. The second-order valence-corrected chi connectivity index (χ2v) is 8.78. The number of hydrogen-bond acceptors (Lipinski definition) is 5. The number of benzene rings is 2. The molecule has 172 valence electrons. The van der Waals surface area contributed by atoms with Crippen molar-refractivity contribution in [3.63, 3.8) is 0 Å². The van der Waals surface area contributed by atoms with Gasteiger partial charge in [0.15, 0.2) is 0 Å². The summed E-state index contributed by atoms with van der Waals surface area (Å²) in [7, 11) is 2.01. The minimum atomic E-state index is -4.59. The number of rotatable bonds is 3. The molecule has 0 atom stereocenters. The van der Waals surface area contributed by atoms with Gasteiger partial charge in [0, 0.05) is 31.7 Å². The van der Waals surface area contributed by atoms with Crippen LogP contribution < -0.4 is 4.90 Å². The van der Waals surface area contributed by atoms with E-state index in [1.807, 2.05) is 7.05 Å². The summed E-state index contributed by atoms with van der Waals surface area (Å²) in [6, 6.07) is 10.7. The quantitative estimate of drug-likeness (QED) is 0.619. The summed E-state index contributed by atoms with van der Waals surface area (Å²) in [5.74, 6) is -0.763. The van der Waals surface area contributed by atoms with Crippen molar-refractivity contribution < 1.29 is 27.6 Å². The largest absolute Gasteiger partial charge is 0.416 e. The number of carbonyl (C=O) groups excluding carboxylic acids is 3. The summed E-state index contributed by atoms with van der Waals surface area (Å²) < 4.78 is 39.0. The molecule has 2 aliphatic heterocycles. The normalized spacial score (nSPS) is 19.0. The van der Waals surface area contributed by atoms with Gasteiger partial charge in [-0.05, 0) is 60.8 Å². The van der Waals surface area contributed by atoms with E-state index in [1.165, 1.54) is 12.1 Å². The molecule has 10 heteroatoms. The molecule has 0 unspecified atom stereocenters. The standard InChI is InChI=1S/C23H20F3N3O3S/c1-27-9-11-28(12-10-27)20(30)16-7-5-15(6-8-16)13-19-21(31)29(22(32)33-19)18-4-2-3-17(14-18)23(24,25)26/h2-8,13-14H,9-12H2,1H3/b19-13-. The third-order valence-corrected chi connectivity index (χ3v) is 6.34. The first-order valence-electron chi connectivity index (χ1n) is 10.2. The number of piperazine rings is 1. The number of halogens is 3. The van der Waals surface area contributed by atoms with Crippen LogP contribution >= 0.6 is 11.8 Å². The fourth-order valence-electron chi connectivity index (χ4n) is 3.58. The Morgan fingerprint density at radius 3 is 2.30 bits per heavy atom. The van der Waals surface area contributed by atoms with Gasteiger partial charge in [0.1, 0.15) is 0 Å². The fourth-order valence-corrected chi connectivity index (χ4v) is 4.42. The molecule has 2 saturated heterocycles. The predicted molar refractivity (Wildman–Crippen MR) is 120 cm³/mol. The van der Waals surface area contributed by atoms with Crippen LogP contribution in [-0.4, -0.2) is 60.1 Å². The number of hydrogen-bond donors (Lipinski definition) is 0. The van der Waals surface area contributed by atoms with Crippen LogP contribution in [0.1, 0.15) is 21.5 Å². The maximum atomic E-state index is 13.0. The monoisotopic (exact) mass is 475 g/mol. The zero-order chi connectivity index (χ0) is 23.8. The average Bonchev–Trinajstić information content (AvgIpc) is 3.06. The molecule has 0 aromatic heterocycles. The molecule has 0 bridgehead atoms. The molecule has 2 fully saturated rings. The topological polar surface area (TPSA) is 60.9 Å². The highest BCUT2D eigenvalue weighted by Crippen LogP contribution is 2.38. The van der Waals surface area contributed by atoms with E-state index in [0.29, 0.717) is 36.0 Å². The van der Waals surface area contributed by atoms with Crippen molar-refractivity contribution in [3.8, 4) is 0 Å². The van der Waals surface area contributed by atoms with Crippen molar-refractivity contribution in [1.29, 1.82) is 0 Å². The molecule has 2 aromatic carbocycles. The summed E-state index contributed by atoms with van der Waals surface area (Å²) in [6.45, 7) is 2.93. The SMILES string of the molecule is CN1CCN(C(=O)c2ccc(/C=C3\SC(=O)N(c4cccc(C(F)(F)F)c4)C3=O)cc2)CC1. The lowest BCUT2D eigenvalue weighted by molar-refractivity contribution is -0.137. The van der Waals surface area contributed by atoms with Crippen LogP contribution in [0.15, 0.2) is 53.4 Å². The maximum absolute atomic E-state index is 13.0. The van der Waals surface area contributed by atoms with Gasteiger partial charge in [-0.1, -0.05) is 18.2 Å². The van der Waals surface area contributed by atoms with Gasteiger partial charge in [0.05, 0.1) is 16.2 Å². The number of imide groups is 1. The van der Waals surface area contributed by atoms with Gasteiger partial charge in [0.2, 0.25) is 0 Å². The van der Waals surface area contributed by atoms with Crippen molar-refractivity contribution in [3.05, 3.63) is 70.1 Å². The van der Waals surface area contributed by atoms with E-state index in [9.17, 15) is 27.6 Å². The van der Waals surface area contributed by atoms with E-state index >= 15 is 0 Å². The third kappa shape index (κ3) is 4.96. The Labute approximate surface area is 192 Å². The Morgan fingerprint density at radius 1 is 1.00 bits per heavy atom. The smallest absolute Gasteiger partial charge is 0.336 e. The molecule has 0 radical (unpaired) electrons. The van der Waals surface area contributed by atoms with Crippen LogP contribution in [-0.2, 0) is 11.0 Å². The highest BCUT2D eigenvalue weighted by molar-refractivity contribution is 8.19. The number of anilines is 1. The van der Waals surface area contributed by atoms with Crippen LogP contribution in [0.4, 0.5) is 23.7 Å². The first-order valence-corrected chi connectivity index (χ1v) is 11.0. The van der Waals surface area contributed by atoms with Gasteiger partial charge in [-0.3, -0.25) is 14.4 Å². The zero-order valence-corrected chi connectivity index (χ0v) is 18.4. The lowest BCUT2D eigenvalue weighted by atomic mass is 10.1. The Morgan fingerprint density at radius 2 is 1.67 bits per heavy atom. The number of carbonyl (C=O) groups is 3. The van der Waals surface area contributed by atoms with E-state index < -0.39 is 22.9 Å². The molecule has 2 heterocycles. The summed E-state index contributed by atoms with van der Waals surface area (Å²) in [5, 5.41) is -0.674. The van der Waals surface area contributed by atoms with Crippen molar-refractivity contribution in [2.75, 3.05) is 38.1 Å². The maximum Gasteiger partial charge on any atom is 0.416 e. The molecule has 0 saturated carbocycles. The summed E-state index contributed by atoms with van der Waals surface area (Å²) in [6.07, 6.45) is -3.10. The zero-order valence-electron chi connectivity index (χ0n) is 17.6. The lowest BCUT2D eigenvalue weighted by Crippen LogP contribution is -2.47. The predicted octanol–water partition coefficient (Wildman–Crippen LogP) is 4.33. The molecule has 4 rings (SSSR count). The molecule has 0 aliphatic carbocycles. The lowest BCUT2D eigenvalue weighted by Gasteiger charge is -2.32. The second-order valence-electron chi connectivity index (χ2n) is 7.78. The molecule has 6 nitrogen and oxygen atoms in total. The molecule has 2 aromatic rings. The molecular weight excluding hydrogens is 455 g/mol. The Bertz CT molecular complexity index is 1120.